The summed E-state index contributed by atoms with van der Waals surface area (Å²) in [5.41, 5.74) is 0. The molecule has 16 nitrogen and oxygen atoms in total. The Kier molecular flexibility index (Phi) is 11.1. The van der Waals surface area contributed by atoms with Gasteiger partial charge in [-0.1, -0.05) is 6.08 Å². The fourth-order valence-corrected chi connectivity index (χ4v) is 4.34. The molecule has 3 aliphatic rings. The summed E-state index contributed by atoms with van der Waals surface area (Å²) in [7, 11) is 0. The second-order valence-corrected chi connectivity index (χ2v) is 8.93. The zero-order chi connectivity index (χ0) is 27.4. The summed E-state index contributed by atoms with van der Waals surface area (Å²) in [5.74, 6) is 0. The molecule has 0 amide bonds. The number of hydrogen-bond donors (Lipinski definition) is 10. The maximum Gasteiger partial charge on any atom is 0.187 e. The average Bonchev–Trinajstić information content (AvgIpc) is 2.90. The van der Waals surface area contributed by atoms with E-state index in [1.54, 1.807) is 0 Å². The van der Waals surface area contributed by atoms with E-state index in [9.17, 15) is 51.1 Å². The SMILES string of the molecule is C=CCO[C@@H]1OC(CO)[C@@H](O[C@@H]2OC(CO)[C@H](O[C@H]3OC(CO)[C@@H](O)[C@H](O)C3O)[C@H](O)C2O)[C@H](O)C1O. The largest absolute Gasteiger partial charge is 0.394 e. The van der Waals surface area contributed by atoms with Gasteiger partial charge in [0.1, 0.15) is 73.2 Å². The highest BCUT2D eigenvalue weighted by molar-refractivity contribution is 4.96. The Morgan fingerprint density at radius 3 is 1.41 bits per heavy atom. The van der Waals surface area contributed by atoms with Crippen LogP contribution in [-0.4, -0.2) is 170 Å². The van der Waals surface area contributed by atoms with Gasteiger partial charge in [0.15, 0.2) is 18.9 Å². The molecule has 0 aromatic rings. The van der Waals surface area contributed by atoms with Crippen molar-refractivity contribution in [1.82, 2.24) is 0 Å². The fraction of sp³-hybridized carbons (Fsp3) is 0.905. The van der Waals surface area contributed by atoms with Crippen molar-refractivity contribution in [3.63, 3.8) is 0 Å². The number of hydrogen-bond acceptors (Lipinski definition) is 16. The fourth-order valence-electron chi connectivity index (χ4n) is 4.34. The molecule has 3 heterocycles. The molecule has 0 saturated carbocycles. The predicted octanol–water partition coefficient (Wildman–Crippen LogP) is -6.36. The molecular weight excluding hydrogens is 508 g/mol. The van der Waals surface area contributed by atoms with Gasteiger partial charge in [0, 0.05) is 0 Å². The molecule has 16 heteroatoms. The summed E-state index contributed by atoms with van der Waals surface area (Å²) >= 11 is 0. The molecule has 0 aromatic carbocycles. The summed E-state index contributed by atoms with van der Waals surface area (Å²) in [4.78, 5) is 0. The zero-order valence-corrected chi connectivity index (χ0v) is 19.7. The summed E-state index contributed by atoms with van der Waals surface area (Å²) < 4.78 is 32.4. The van der Waals surface area contributed by atoms with Crippen LogP contribution in [0.4, 0.5) is 0 Å². The van der Waals surface area contributed by atoms with Crippen LogP contribution in [0.5, 0.6) is 0 Å². The van der Waals surface area contributed by atoms with E-state index in [2.05, 4.69) is 6.58 Å². The van der Waals surface area contributed by atoms with Gasteiger partial charge in [-0.05, 0) is 0 Å². The van der Waals surface area contributed by atoms with Crippen LogP contribution >= 0.6 is 0 Å². The molecule has 0 spiro atoms. The lowest BCUT2D eigenvalue weighted by Crippen LogP contribution is -2.66. The van der Waals surface area contributed by atoms with Crippen LogP contribution in [-0.2, 0) is 28.4 Å². The lowest BCUT2D eigenvalue weighted by Gasteiger charge is -2.48. The minimum atomic E-state index is -1.89. The highest BCUT2D eigenvalue weighted by Crippen LogP contribution is 2.32. The van der Waals surface area contributed by atoms with E-state index >= 15 is 0 Å². The minimum absolute atomic E-state index is 0.0250. The molecule has 15 atom stereocenters. The standard InChI is InChI=1S/C21H36O16/c1-2-3-32-19-15(30)12(27)17(8(5-23)34-19)37-21-16(31)13(28)18(9(6-24)35-21)36-20-14(29)11(26)10(25)7(4-22)33-20/h2,7-31H,1,3-6H2/t7?,8?,9?,10-,11+,12-,13-,14?,15?,16?,17-,18+,19-,20-,21+/m1/s1. The van der Waals surface area contributed by atoms with Gasteiger partial charge in [0.05, 0.1) is 26.4 Å². The molecule has 10 N–H and O–H groups in total. The van der Waals surface area contributed by atoms with Crippen molar-refractivity contribution in [3.8, 4) is 0 Å². The van der Waals surface area contributed by atoms with Crippen LogP contribution < -0.4 is 0 Å². The second kappa shape index (κ2) is 13.4. The Hall–Kier alpha value is -0.900. The van der Waals surface area contributed by atoms with Crippen LogP contribution in [0.15, 0.2) is 12.7 Å². The summed E-state index contributed by atoms with van der Waals surface area (Å²) in [5, 5.41) is 101. The Labute approximate surface area is 211 Å². The van der Waals surface area contributed by atoms with Crippen LogP contribution in [0, 0.1) is 0 Å². The van der Waals surface area contributed by atoms with E-state index in [0.717, 1.165) is 0 Å². The molecule has 0 radical (unpaired) electrons. The first-order valence-electron chi connectivity index (χ1n) is 11.7. The summed E-state index contributed by atoms with van der Waals surface area (Å²) in [6.07, 6.45) is -22.7. The molecule has 0 aromatic heterocycles. The van der Waals surface area contributed by atoms with E-state index in [0.29, 0.717) is 0 Å². The molecule has 3 saturated heterocycles. The Morgan fingerprint density at radius 2 is 0.946 bits per heavy atom. The molecule has 216 valence electrons. The molecule has 3 aliphatic heterocycles. The predicted molar refractivity (Wildman–Crippen MR) is 115 cm³/mol. The van der Waals surface area contributed by atoms with Gasteiger partial charge in [0.2, 0.25) is 0 Å². The summed E-state index contributed by atoms with van der Waals surface area (Å²) in [6.45, 7) is 1.20. The monoisotopic (exact) mass is 544 g/mol. The second-order valence-electron chi connectivity index (χ2n) is 8.93. The van der Waals surface area contributed by atoms with Gasteiger partial charge in [-0.2, -0.15) is 0 Å². The third-order valence-corrected chi connectivity index (χ3v) is 6.45. The van der Waals surface area contributed by atoms with Crippen molar-refractivity contribution < 1.29 is 79.5 Å². The van der Waals surface area contributed by atoms with E-state index < -0.39 is 112 Å². The topological polar surface area (TPSA) is 258 Å². The van der Waals surface area contributed by atoms with E-state index in [1.165, 1.54) is 6.08 Å². The van der Waals surface area contributed by atoms with E-state index in [-0.39, 0.29) is 6.61 Å². The molecule has 37 heavy (non-hydrogen) atoms. The van der Waals surface area contributed by atoms with E-state index in [1.807, 2.05) is 0 Å². The Morgan fingerprint density at radius 1 is 0.541 bits per heavy atom. The molecule has 6 unspecified atom stereocenters. The van der Waals surface area contributed by atoms with Crippen molar-refractivity contribution in [2.75, 3.05) is 26.4 Å². The van der Waals surface area contributed by atoms with Gasteiger partial charge >= 0.3 is 0 Å². The van der Waals surface area contributed by atoms with Crippen LogP contribution in [0.25, 0.3) is 0 Å². The van der Waals surface area contributed by atoms with E-state index in [4.69, 9.17) is 28.4 Å². The van der Waals surface area contributed by atoms with Gasteiger partial charge in [-0.3, -0.25) is 0 Å². The van der Waals surface area contributed by atoms with Gasteiger partial charge in [-0.25, -0.2) is 0 Å². The molecule has 0 bridgehead atoms. The Bertz CT molecular complexity index is 708. The van der Waals surface area contributed by atoms with Crippen LogP contribution in [0.3, 0.4) is 0 Å². The third kappa shape index (κ3) is 6.47. The molecule has 3 rings (SSSR count). The smallest absolute Gasteiger partial charge is 0.187 e. The number of rotatable bonds is 10. The van der Waals surface area contributed by atoms with Gasteiger partial charge in [-0.15, -0.1) is 6.58 Å². The van der Waals surface area contributed by atoms with Crippen molar-refractivity contribution >= 4 is 0 Å². The first-order chi connectivity index (χ1) is 17.6. The highest BCUT2D eigenvalue weighted by atomic mass is 16.8. The average molecular weight is 545 g/mol. The zero-order valence-electron chi connectivity index (χ0n) is 19.7. The van der Waals surface area contributed by atoms with Crippen LogP contribution in [0.2, 0.25) is 0 Å². The maximum atomic E-state index is 10.7. The first-order valence-corrected chi connectivity index (χ1v) is 11.7. The number of ether oxygens (including phenoxy) is 6. The lowest BCUT2D eigenvalue weighted by molar-refractivity contribution is -0.379. The summed E-state index contributed by atoms with van der Waals surface area (Å²) in [6, 6.07) is 0. The normalized spacial score (nSPS) is 49.1. The van der Waals surface area contributed by atoms with Crippen LogP contribution in [0.1, 0.15) is 0 Å². The quantitative estimate of drug-likeness (QED) is 0.115. The van der Waals surface area contributed by atoms with Crippen molar-refractivity contribution in [3.05, 3.63) is 12.7 Å². The van der Waals surface area contributed by atoms with Crippen molar-refractivity contribution in [1.29, 1.82) is 0 Å². The molecular formula is C21H36O16. The number of aliphatic hydroxyl groups is 10. The molecule has 3 fully saturated rings. The maximum absolute atomic E-state index is 10.7. The Balaban J connectivity index is 1.70. The van der Waals surface area contributed by atoms with Crippen molar-refractivity contribution in [2.24, 2.45) is 0 Å². The minimum Gasteiger partial charge on any atom is -0.394 e. The lowest BCUT2D eigenvalue weighted by atomic mass is 9.96. The third-order valence-electron chi connectivity index (χ3n) is 6.45. The van der Waals surface area contributed by atoms with Gasteiger partial charge < -0.3 is 79.5 Å². The first kappa shape index (κ1) is 30.6. The highest BCUT2D eigenvalue weighted by Gasteiger charge is 2.53. The molecule has 0 aliphatic carbocycles. The van der Waals surface area contributed by atoms with Crippen molar-refractivity contribution in [2.45, 2.75) is 92.1 Å². The van der Waals surface area contributed by atoms with Gasteiger partial charge in [0.25, 0.3) is 0 Å². The number of aliphatic hydroxyl groups excluding tert-OH is 10.